The molecule has 0 unspecified atom stereocenters. The van der Waals surface area contributed by atoms with Gasteiger partial charge in [-0.3, -0.25) is 14.9 Å². The summed E-state index contributed by atoms with van der Waals surface area (Å²) in [5, 5.41) is 22.6. The lowest BCUT2D eigenvalue weighted by Crippen LogP contribution is -2.37. The van der Waals surface area contributed by atoms with Gasteiger partial charge in [-0.05, 0) is 24.8 Å². The van der Waals surface area contributed by atoms with E-state index in [2.05, 4.69) is 5.32 Å². The minimum atomic E-state index is -0.731. The fourth-order valence-electron chi connectivity index (χ4n) is 2.67. The normalized spacial score (nSPS) is 18.1. The Hall–Kier alpha value is -2.22. The highest BCUT2D eigenvalue weighted by atomic mass is 19.1. The Labute approximate surface area is 126 Å². The van der Waals surface area contributed by atoms with E-state index in [0.717, 1.165) is 18.9 Å². The molecule has 1 aromatic carbocycles. The molecule has 0 bridgehead atoms. The van der Waals surface area contributed by atoms with Gasteiger partial charge in [0.1, 0.15) is 5.69 Å². The molecule has 1 aliphatic rings. The van der Waals surface area contributed by atoms with Gasteiger partial charge in [0.05, 0.1) is 16.7 Å². The maximum Gasteiger partial charge on any atom is 0.295 e. The van der Waals surface area contributed by atoms with Crippen molar-refractivity contribution >= 4 is 23.0 Å². The molecule has 1 saturated heterocycles. The average Bonchev–Trinajstić information content (AvgIpc) is 2.48. The molecule has 0 spiro atoms. The molecule has 1 aromatic rings. The number of carbonyl (C=O) groups excluding carboxylic acids is 1. The molecule has 2 rings (SSSR count). The van der Waals surface area contributed by atoms with Crippen molar-refractivity contribution < 1.29 is 19.2 Å². The summed E-state index contributed by atoms with van der Waals surface area (Å²) in [5.74, 6) is -1.13. The molecule has 0 aromatic heterocycles. The number of rotatable bonds is 4. The lowest BCUT2D eigenvalue weighted by Gasteiger charge is -2.34. The topological polar surface area (TPSA) is 95.7 Å². The van der Waals surface area contributed by atoms with Crippen molar-refractivity contribution in [2.45, 2.75) is 19.8 Å². The largest absolute Gasteiger partial charge is 0.396 e. The van der Waals surface area contributed by atoms with Crippen LogP contribution in [0.2, 0.25) is 0 Å². The van der Waals surface area contributed by atoms with E-state index in [1.807, 2.05) is 0 Å². The van der Waals surface area contributed by atoms with Gasteiger partial charge in [0.15, 0.2) is 5.82 Å². The molecule has 0 radical (unpaired) electrons. The zero-order valence-corrected chi connectivity index (χ0v) is 12.2. The van der Waals surface area contributed by atoms with E-state index in [0.29, 0.717) is 13.1 Å². The standard InChI is InChI=1S/C14H18FN3O4/c1-9(20)16-12-6-13(11(15)5-14(12)18(21)22)17-4-2-3-10(7-17)8-19/h5-6,10,19H,2-4,7-8H2,1H3,(H,16,20)/t10-/m1/s1. The predicted octanol–water partition coefficient (Wildman–Crippen LogP) is 1.90. The van der Waals surface area contributed by atoms with Crippen LogP contribution in [0.15, 0.2) is 12.1 Å². The molecule has 1 heterocycles. The van der Waals surface area contributed by atoms with Gasteiger partial charge in [-0.15, -0.1) is 0 Å². The van der Waals surface area contributed by atoms with Crippen molar-refractivity contribution in [3.05, 3.63) is 28.1 Å². The van der Waals surface area contributed by atoms with E-state index in [9.17, 15) is 24.4 Å². The minimum Gasteiger partial charge on any atom is -0.396 e. The zero-order chi connectivity index (χ0) is 16.3. The number of benzene rings is 1. The number of nitro groups is 1. The quantitative estimate of drug-likeness (QED) is 0.654. The van der Waals surface area contributed by atoms with E-state index in [-0.39, 0.29) is 23.9 Å². The summed E-state index contributed by atoms with van der Waals surface area (Å²) < 4.78 is 14.2. The minimum absolute atomic E-state index is 0.0175. The molecule has 7 nitrogen and oxygen atoms in total. The van der Waals surface area contributed by atoms with Gasteiger partial charge in [-0.25, -0.2) is 4.39 Å². The first-order valence-electron chi connectivity index (χ1n) is 7.03. The lowest BCUT2D eigenvalue weighted by atomic mass is 9.98. The Morgan fingerprint density at radius 2 is 2.32 bits per heavy atom. The Morgan fingerprint density at radius 1 is 1.59 bits per heavy atom. The van der Waals surface area contributed by atoms with Crippen molar-refractivity contribution in [2.75, 3.05) is 29.9 Å². The smallest absolute Gasteiger partial charge is 0.295 e. The number of nitrogens with one attached hydrogen (secondary N) is 1. The second-order valence-electron chi connectivity index (χ2n) is 5.40. The van der Waals surface area contributed by atoms with Crippen LogP contribution >= 0.6 is 0 Å². The third kappa shape index (κ3) is 3.51. The Morgan fingerprint density at radius 3 is 2.91 bits per heavy atom. The number of hydrogen-bond donors (Lipinski definition) is 2. The van der Waals surface area contributed by atoms with Gasteiger partial charge in [-0.2, -0.15) is 0 Å². The number of halogens is 1. The molecule has 120 valence electrons. The average molecular weight is 311 g/mol. The van der Waals surface area contributed by atoms with Crippen LogP contribution in [-0.2, 0) is 4.79 Å². The van der Waals surface area contributed by atoms with Crippen LogP contribution in [0.5, 0.6) is 0 Å². The number of hydrogen-bond acceptors (Lipinski definition) is 5. The van der Waals surface area contributed by atoms with Gasteiger partial charge in [0.2, 0.25) is 5.91 Å². The summed E-state index contributed by atoms with van der Waals surface area (Å²) in [6.45, 7) is 2.33. The van der Waals surface area contributed by atoms with Gasteiger partial charge in [0.25, 0.3) is 5.69 Å². The Kier molecular flexibility index (Phi) is 4.92. The fourth-order valence-corrected chi connectivity index (χ4v) is 2.67. The Bertz CT molecular complexity index is 594. The lowest BCUT2D eigenvalue weighted by molar-refractivity contribution is -0.384. The summed E-state index contributed by atoms with van der Waals surface area (Å²) in [7, 11) is 0. The molecule has 0 aliphatic carbocycles. The summed E-state index contributed by atoms with van der Waals surface area (Å²) in [6.07, 6.45) is 1.66. The zero-order valence-electron chi connectivity index (χ0n) is 12.2. The molecule has 2 N–H and O–H groups in total. The van der Waals surface area contributed by atoms with Crippen LogP contribution in [0.3, 0.4) is 0 Å². The monoisotopic (exact) mass is 311 g/mol. The summed E-state index contributed by atoms with van der Waals surface area (Å²) in [6, 6.07) is 2.11. The molecular weight excluding hydrogens is 293 g/mol. The third-order valence-corrected chi connectivity index (χ3v) is 3.69. The van der Waals surface area contributed by atoms with Gasteiger partial charge >= 0.3 is 0 Å². The number of aliphatic hydroxyl groups is 1. The molecule has 1 atom stereocenters. The fraction of sp³-hybridized carbons (Fsp3) is 0.500. The van der Waals surface area contributed by atoms with Crippen LogP contribution in [0.1, 0.15) is 19.8 Å². The van der Waals surface area contributed by atoms with Crippen LogP contribution in [-0.4, -0.2) is 35.6 Å². The molecule has 1 aliphatic heterocycles. The van der Waals surface area contributed by atoms with Gasteiger partial charge < -0.3 is 15.3 Å². The Balaban J connectivity index is 2.38. The number of nitrogens with zero attached hydrogens (tertiary/aromatic N) is 2. The van der Waals surface area contributed by atoms with Crippen LogP contribution in [0.4, 0.5) is 21.5 Å². The first-order chi connectivity index (χ1) is 10.4. The van der Waals surface area contributed by atoms with Crippen molar-refractivity contribution in [3.63, 3.8) is 0 Å². The third-order valence-electron chi connectivity index (χ3n) is 3.69. The van der Waals surface area contributed by atoms with E-state index in [1.165, 1.54) is 13.0 Å². The van der Waals surface area contributed by atoms with Crippen LogP contribution in [0.25, 0.3) is 0 Å². The number of nitro benzene ring substituents is 1. The SMILES string of the molecule is CC(=O)Nc1cc(N2CCC[C@@H](CO)C2)c(F)cc1[N+](=O)[O-]. The number of piperidine rings is 1. The van der Waals surface area contributed by atoms with Crippen LogP contribution < -0.4 is 10.2 Å². The molecule has 22 heavy (non-hydrogen) atoms. The molecule has 1 fully saturated rings. The van der Waals surface area contributed by atoms with Crippen molar-refractivity contribution in [1.82, 2.24) is 0 Å². The number of anilines is 2. The second kappa shape index (κ2) is 6.69. The van der Waals surface area contributed by atoms with E-state index >= 15 is 0 Å². The summed E-state index contributed by atoms with van der Waals surface area (Å²) >= 11 is 0. The molecule has 1 amide bonds. The van der Waals surface area contributed by atoms with E-state index in [1.54, 1.807) is 4.90 Å². The molecular formula is C14H18FN3O4. The van der Waals surface area contributed by atoms with Crippen molar-refractivity contribution in [2.24, 2.45) is 5.92 Å². The summed E-state index contributed by atoms with van der Waals surface area (Å²) in [4.78, 5) is 23.2. The van der Waals surface area contributed by atoms with Gasteiger partial charge in [-0.1, -0.05) is 0 Å². The highest BCUT2D eigenvalue weighted by Gasteiger charge is 2.25. The molecule has 0 saturated carbocycles. The predicted molar refractivity (Wildman–Crippen MR) is 79.4 cm³/mol. The van der Waals surface area contributed by atoms with Crippen molar-refractivity contribution in [1.29, 1.82) is 0 Å². The second-order valence-corrected chi connectivity index (χ2v) is 5.40. The van der Waals surface area contributed by atoms with E-state index in [4.69, 9.17) is 0 Å². The highest BCUT2D eigenvalue weighted by Crippen LogP contribution is 2.34. The maximum absolute atomic E-state index is 14.2. The van der Waals surface area contributed by atoms with Gasteiger partial charge in [0, 0.05) is 26.6 Å². The van der Waals surface area contributed by atoms with Crippen LogP contribution in [0, 0.1) is 21.8 Å². The number of carbonyl (C=O) groups is 1. The first-order valence-corrected chi connectivity index (χ1v) is 7.03. The molecule has 8 heteroatoms. The van der Waals surface area contributed by atoms with E-state index < -0.39 is 22.3 Å². The van der Waals surface area contributed by atoms with Crippen molar-refractivity contribution in [3.8, 4) is 0 Å². The highest BCUT2D eigenvalue weighted by molar-refractivity contribution is 5.92. The number of aliphatic hydroxyl groups excluding tert-OH is 1. The first kappa shape index (κ1) is 16.2. The summed E-state index contributed by atoms with van der Waals surface area (Å²) in [5.41, 5.74) is -0.306. The maximum atomic E-state index is 14.2. The number of amides is 1.